The lowest BCUT2D eigenvalue weighted by Crippen LogP contribution is -2.47. The molecule has 0 aliphatic rings. The van der Waals surface area contributed by atoms with Crippen molar-refractivity contribution in [2.75, 3.05) is 5.32 Å². The van der Waals surface area contributed by atoms with Crippen molar-refractivity contribution >= 4 is 5.82 Å². The molecule has 0 amide bonds. The van der Waals surface area contributed by atoms with Crippen molar-refractivity contribution in [2.45, 2.75) is 66.7 Å². The normalized spacial score (nSPS) is 13.4. The molecule has 1 heterocycles. The fourth-order valence-electron chi connectivity index (χ4n) is 2.69. The SMILES string of the molecule is Cc1cc(C)nc(NC(C)N(C(C)C)C(C)C)c1. The molecule has 0 saturated carbocycles. The molecule has 0 aliphatic heterocycles. The fraction of sp³-hybridized carbons (Fsp3) is 0.667. The smallest absolute Gasteiger partial charge is 0.127 e. The van der Waals surface area contributed by atoms with Gasteiger partial charge in [-0.1, -0.05) is 0 Å². The average Bonchev–Trinajstić information content (AvgIpc) is 2.13. The summed E-state index contributed by atoms with van der Waals surface area (Å²) < 4.78 is 0. The van der Waals surface area contributed by atoms with Crippen molar-refractivity contribution in [2.24, 2.45) is 0 Å². The van der Waals surface area contributed by atoms with E-state index in [9.17, 15) is 0 Å². The van der Waals surface area contributed by atoms with E-state index in [4.69, 9.17) is 0 Å². The first-order valence-electron chi connectivity index (χ1n) is 6.80. The van der Waals surface area contributed by atoms with E-state index >= 15 is 0 Å². The molecule has 3 nitrogen and oxygen atoms in total. The summed E-state index contributed by atoms with van der Waals surface area (Å²) in [4.78, 5) is 6.98. The van der Waals surface area contributed by atoms with Crippen molar-refractivity contribution in [3.8, 4) is 0 Å². The Labute approximate surface area is 112 Å². The highest BCUT2D eigenvalue weighted by atomic mass is 15.3. The minimum Gasteiger partial charge on any atom is -0.355 e. The highest BCUT2D eigenvalue weighted by Crippen LogP contribution is 2.15. The van der Waals surface area contributed by atoms with Crippen LogP contribution in [0.15, 0.2) is 12.1 Å². The van der Waals surface area contributed by atoms with Crippen LogP contribution >= 0.6 is 0 Å². The van der Waals surface area contributed by atoms with Crippen molar-refractivity contribution < 1.29 is 0 Å². The van der Waals surface area contributed by atoms with E-state index in [1.54, 1.807) is 0 Å². The van der Waals surface area contributed by atoms with E-state index in [1.165, 1.54) is 5.56 Å². The molecule has 3 heteroatoms. The maximum atomic E-state index is 4.54. The minimum atomic E-state index is 0.277. The predicted octanol–water partition coefficient (Wildman–Crippen LogP) is 3.58. The summed E-state index contributed by atoms with van der Waals surface area (Å²) in [7, 11) is 0. The van der Waals surface area contributed by atoms with Crippen LogP contribution in [0.3, 0.4) is 0 Å². The first-order chi connectivity index (χ1) is 8.31. The second-order valence-corrected chi connectivity index (χ2v) is 5.63. The topological polar surface area (TPSA) is 28.2 Å². The van der Waals surface area contributed by atoms with E-state index in [1.807, 2.05) is 6.92 Å². The van der Waals surface area contributed by atoms with Gasteiger partial charge in [-0.3, -0.25) is 4.90 Å². The fourth-order valence-corrected chi connectivity index (χ4v) is 2.69. The molecule has 0 spiro atoms. The zero-order valence-corrected chi connectivity index (χ0v) is 12.8. The molecule has 1 aromatic rings. The van der Waals surface area contributed by atoms with Gasteiger partial charge in [0, 0.05) is 17.8 Å². The van der Waals surface area contributed by atoms with Gasteiger partial charge >= 0.3 is 0 Å². The quantitative estimate of drug-likeness (QED) is 0.809. The lowest BCUT2D eigenvalue weighted by atomic mass is 10.2. The lowest BCUT2D eigenvalue weighted by molar-refractivity contribution is 0.137. The van der Waals surface area contributed by atoms with Gasteiger partial charge in [0.25, 0.3) is 0 Å². The van der Waals surface area contributed by atoms with Gasteiger partial charge in [-0.25, -0.2) is 4.98 Å². The van der Waals surface area contributed by atoms with E-state index in [0.717, 1.165) is 11.5 Å². The van der Waals surface area contributed by atoms with Crippen LogP contribution in [0.5, 0.6) is 0 Å². The first kappa shape index (κ1) is 15.0. The number of anilines is 1. The van der Waals surface area contributed by atoms with Gasteiger partial charge in [-0.05, 0) is 66.2 Å². The molecular formula is C15H27N3. The number of aryl methyl sites for hydroxylation is 2. The van der Waals surface area contributed by atoms with Crippen LogP contribution in [0.25, 0.3) is 0 Å². The molecule has 1 rings (SSSR count). The van der Waals surface area contributed by atoms with Gasteiger partial charge in [0.05, 0.1) is 6.17 Å². The molecule has 1 N–H and O–H groups in total. The molecular weight excluding hydrogens is 222 g/mol. The molecule has 0 bridgehead atoms. The molecule has 0 aliphatic carbocycles. The van der Waals surface area contributed by atoms with Crippen LogP contribution in [0, 0.1) is 13.8 Å². The number of nitrogens with one attached hydrogen (secondary N) is 1. The molecule has 1 atom stereocenters. The summed E-state index contributed by atoms with van der Waals surface area (Å²) in [5, 5.41) is 3.50. The Morgan fingerprint density at radius 3 is 2.00 bits per heavy atom. The summed E-state index contributed by atoms with van der Waals surface area (Å²) >= 11 is 0. The molecule has 0 fully saturated rings. The monoisotopic (exact) mass is 249 g/mol. The number of nitrogens with zero attached hydrogens (tertiary/aromatic N) is 2. The van der Waals surface area contributed by atoms with Gasteiger partial charge in [0.15, 0.2) is 0 Å². The summed E-state index contributed by atoms with van der Waals surface area (Å²) in [6.45, 7) is 15.2. The van der Waals surface area contributed by atoms with Crippen LogP contribution in [0.1, 0.15) is 45.9 Å². The number of rotatable bonds is 5. The van der Waals surface area contributed by atoms with Crippen molar-refractivity contribution in [3.05, 3.63) is 23.4 Å². The third-order valence-electron chi connectivity index (χ3n) is 3.09. The number of pyridine rings is 1. The molecule has 0 radical (unpaired) electrons. The first-order valence-corrected chi connectivity index (χ1v) is 6.80. The van der Waals surface area contributed by atoms with E-state index in [0.29, 0.717) is 12.1 Å². The van der Waals surface area contributed by atoms with Gasteiger partial charge in [0.2, 0.25) is 0 Å². The summed E-state index contributed by atoms with van der Waals surface area (Å²) in [5.74, 6) is 0.964. The Kier molecular flexibility index (Phi) is 5.15. The highest BCUT2D eigenvalue weighted by Gasteiger charge is 2.20. The maximum Gasteiger partial charge on any atom is 0.127 e. The van der Waals surface area contributed by atoms with Gasteiger partial charge in [-0.15, -0.1) is 0 Å². The molecule has 0 saturated heterocycles. The van der Waals surface area contributed by atoms with Crippen molar-refractivity contribution in [1.29, 1.82) is 0 Å². The Balaban J connectivity index is 2.82. The largest absolute Gasteiger partial charge is 0.355 e. The highest BCUT2D eigenvalue weighted by molar-refractivity contribution is 5.39. The van der Waals surface area contributed by atoms with Crippen LogP contribution in [0.4, 0.5) is 5.82 Å². The van der Waals surface area contributed by atoms with Crippen LogP contribution < -0.4 is 5.32 Å². The lowest BCUT2D eigenvalue weighted by Gasteiger charge is -2.36. The second-order valence-electron chi connectivity index (χ2n) is 5.63. The Hall–Kier alpha value is -1.09. The second kappa shape index (κ2) is 6.19. The molecule has 18 heavy (non-hydrogen) atoms. The summed E-state index contributed by atoms with van der Waals surface area (Å²) in [6.07, 6.45) is 0.277. The Morgan fingerprint density at radius 1 is 1.00 bits per heavy atom. The number of hydrogen-bond acceptors (Lipinski definition) is 3. The summed E-state index contributed by atoms with van der Waals surface area (Å²) in [5.41, 5.74) is 2.31. The van der Waals surface area contributed by atoms with Gasteiger partial charge in [-0.2, -0.15) is 0 Å². The van der Waals surface area contributed by atoms with Crippen molar-refractivity contribution in [1.82, 2.24) is 9.88 Å². The Morgan fingerprint density at radius 2 is 1.56 bits per heavy atom. The maximum absolute atomic E-state index is 4.54. The number of aromatic nitrogens is 1. The third-order valence-corrected chi connectivity index (χ3v) is 3.09. The van der Waals surface area contributed by atoms with Gasteiger partial charge < -0.3 is 5.32 Å². The van der Waals surface area contributed by atoms with Crippen LogP contribution in [-0.2, 0) is 0 Å². The van der Waals surface area contributed by atoms with E-state index < -0.39 is 0 Å². The van der Waals surface area contributed by atoms with E-state index in [-0.39, 0.29) is 6.17 Å². The van der Waals surface area contributed by atoms with Crippen molar-refractivity contribution in [3.63, 3.8) is 0 Å². The Bertz CT molecular complexity index is 357. The summed E-state index contributed by atoms with van der Waals surface area (Å²) in [6, 6.07) is 5.22. The van der Waals surface area contributed by atoms with E-state index in [2.05, 4.69) is 68.9 Å². The number of hydrogen-bond donors (Lipinski definition) is 1. The van der Waals surface area contributed by atoms with Gasteiger partial charge in [0.1, 0.15) is 5.82 Å². The molecule has 1 unspecified atom stereocenters. The average molecular weight is 249 g/mol. The zero-order valence-electron chi connectivity index (χ0n) is 12.8. The molecule has 102 valence electrons. The minimum absolute atomic E-state index is 0.277. The predicted molar refractivity (Wildman–Crippen MR) is 78.9 cm³/mol. The van der Waals surface area contributed by atoms with Crippen LogP contribution in [-0.4, -0.2) is 28.1 Å². The molecule has 0 aromatic carbocycles. The third kappa shape index (κ3) is 3.98. The zero-order chi connectivity index (χ0) is 13.9. The molecule has 1 aromatic heterocycles. The standard InChI is InChI=1S/C15H27N3/c1-10(2)18(11(3)4)14(7)17-15-9-12(5)8-13(6)16-15/h8-11,14H,1-7H3,(H,16,17). The van der Waals surface area contributed by atoms with Crippen LogP contribution in [0.2, 0.25) is 0 Å².